The molecule has 1 fully saturated rings. The van der Waals surface area contributed by atoms with Crippen LogP contribution in [0.2, 0.25) is 0 Å². The molecule has 2 unspecified atom stereocenters. The third-order valence-electron chi connectivity index (χ3n) is 8.13. The van der Waals surface area contributed by atoms with Crippen molar-refractivity contribution in [3.05, 3.63) is 114 Å². The summed E-state index contributed by atoms with van der Waals surface area (Å²) >= 11 is 0. The fourth-order valence-electron chi connectivity index (χ4n) is 5.80. The number of hydrogen-bond donors (Lipinski definition) is 1. The van der Waals surface area contributed by atoms with Gasteiger partial charge in [-0.3, -0.25) is 0 Å². The Balaban J connectivity index is 1.65. The maximum Gasteiger partial charge on any atom is 0.495 e. The van der Waals surface area contributed by atoms with Crippen molar-refractivity contribution in [3.8, 4) is 11.1 Å². The Labute approximate surface area is 202 Å². The number of hydrogen-bond acceptors (Lipinski definition) is 3. The van der Waals surface area contributed by atoms with E-state index in [-0.39, 0.29) is 11.5 Å². The lowest BCUT2D eigenvalue weighted by molar-refractivity contribution is 0.00578. The van der Waals surface area contributed by atoms with Crippen LogP contribution < -0.4 is 10.8 Å². The summed E-state index contributed by atoms with van der Waals surface area (Å²) in [6.45, 7) is 8.45. The minimum Gasteiger partial charge on any atom is -0.399 e. The lowest BCUT2D eigenvalue weighted by Gasteiger charge is -2.40. The molecular formula is C30H30BNO2. The Morgan fingerprint density at radius 1 is 0.735 bits per heavy atom. The first-order valence-electron chi connectivity index (χ1n) is 12.1. The lowest BCUT2D eigenvalue weighted by Crippen LogP contribution is -2.47. The molecule has 1 aliphatic carbocycles. The average Bonchev–Trinajstić information content (AvgIpc) is 3.27. The second kappa shape index (κ2) is 7.46. The minimum absolute atomic E-state index is 0.0656. The molecule has 0 spiro atoms. The van der Waals surface area contributed by atoms with Crippen molar-refractivity contribution in [2.75, 3.05) is 0 Å². The second-order valence-electron chi connectivity index (χ2n) is 10.5. The van der Waals surface area contributed by atoms with Crippen LogP contribution in [0.3, 0.4) is 0 Å². The van der Waals surface area contributed by atoms with E-state index in [0.717, 1.165) is 5.46 Å². The van der Waals surface area contributed by atoms with Crippen molar-refractivity contribution < 1.29 is 9.31 Å². The molecule has 0 bridgehead atoms. The van der Waals surface area contributed by atoms with Crippen molar-refractivity contribution in [2.24, 2.45) is 0 Å². The molecule has 2 aliphatic heterocycles. The molecular weight excluding hydrogens is 417 g/mol. The zero-order valence-corrected chi connectivity index (χ0v) is 20.2. The Morgan fingerprint density at radius 3 is 2.12 bits per heavy atom. The third-order valence-corrected chi connectivity index (χ3v) is 8.13. The normalized spacial score (nSPS) is 25.6. The van der Waals surface area contributed by atoms with Gasteiger partial charge in [0.15, 0.2) is 0 Å². The maximum absolute atomic E-state index is 6.55. The van der Waals surface area contributed by atoms with Gasteiger partial charge < -0.3 is 14.6 Å². The number of dihydropyridines is 1. The fourth-order valence-corrected chi connectivity index (χ4v) is 5.80. The van der Waals surface area contributed by atoms with E-state index in [4.69, 9.17) is 9.31 Å². The molecule has 3 aromatic carbocycles. The highest BCUT2D eigenvalue weighted by atomic mass is 16.7. The molecule has 4 heteroatoms. The van der Waals surface area contributed by atoms with Crippen LogP contribution in [0.5, 0.6) is 0 Å². The van der Waals surface area contributed by atoms with Gasteiger partial charge >= 0.3 is 7.12 Å². The standard InChI is InChI=1S/C30H30BNO2/c1-28(2)29(3,4)34-31(33-28)25-18-12-17-24-27(25)22-15-8-9-16-23(22)30(24,21-13-6-5-7-14-21)26-19-10-11-20-32-26/h5-20,26,32H,1-4H3. The van der Waals surface area contributed by atoms with E-state index in [1.807, 2.05) is 6.20 Å². The first-order valence-corrected chi connectivity index (χ1v) is 12.1. The zero-order chi connectivity index (χ0) is 23.6. The van der Waals surface area contributed by atoms with Crippen LogP contribution in [0.25, 0.3) is 11.1 Å². The van der Waals surface area contributed by atoms with Gasteiger partial charge in [0.05, 0.1) is 22.7 Å². The molecule has 1 N–H and O–H groups in total. The Morgan fingerprint density at radius 2 is 1.41 bits per heavy atom. The molecule has 0 amide bonds. The predicted molar refractivity (Wildman–Crippen MR) is 139 cm³/mol. The number of nitrogens with one attached hydrogen (secondary N) is 1. The molecule has 0 radical (unpaired) electrons. The van der Waals surface area contributed by atoms with Crippen LogP contribution in [-0.2, 0) is 14.7 Å². The maximum atomic E-state index is 6.55. The smallest absolute Gasteiger partial charge is 0.399 e. The van der Waals surface area contributed by atoms with E-state index in [1.54, 1.807) is 0 Å². The highest BCUT2D eigenvalue weighted by molar-refractivity contribution is 6.64. The Kier molecular flexibility index (Phi) is 4.71. The van der Waals surface area contributed by atoms with Crippen molar-refractivity contribution in [3.63, 3.8) is 0 Å². The van der Waals surface area contributed by atoms with Gasteiger partial charge in [-0.15, -0.1) is 0 Å². The third kappa shape index (κ3) is 2.85. The van der Waals surface area contributed by atoms with Crippen molar-refractivity contribution >= 4 is 12.6 Å². The summed E-state index contributed by atoms with van der Waals surface area (Å²) in [5, 5.41) is 3.67. The summed E-state index contributed by atoms with van der Waals surface area (Å²) in [6, 6.07) is 26.4. The quantitative estimate of drug-likeness (QED) is 0.550. The first kappa shape index (κ1) is 21.5. The van der Waals surface area contributed by atoms with E-state index in [2.05, 4.69) is 124 Å². The molecule has 3 nitrogen and oxygen atoms in total. The summed E-state index contributed by atoms with van der Waals surface area (Å²) in [5.41, 5.74) is 6.25. The topological polar surface area (TPSA) is 30.5 Å². The molecule has 1 saturated heterocycles. The van der Waals surface area contributed by atoms with Crippen molar-refractivity contribution in [1.29, 1.82) is 0 Å². The van der Waals surface area contributed by atoms with Gasteiger partial charge in [0.25, 0.3) is 0 Å². The molecule has 0 aromatic heterocycles. The van der Waals surface area contributed by atoms with Gasteiger partial charge in [-0.2, -0.15) is 0 Å². The molecule has 34 heavy (non-hydrogen) atoms. The van der Waals surface area contributed by atoms with Crippen LogP contribution in [0, 0.1) is 0 Å². The second-order valence-corrected chi connectivity index (χ2v) is 10.5. The number of benzene rings is 3. The summed E-state index contributed by atoms with van der Waals surface area (Å²) in [5.74, 6) is 0. The van der Waals surface area contributed by atoms with E-state index in [1.165, 1.54) is 27.8 Å². The summed E-state index contributed by atoms with van der Waals surface area (Å²) in [4.78, 5) is 0. The van der Waals surface area contributed by atoms with Crippen LogP contribution in [0.4, 0.5) is 0 Å². The largest absolute Gasteiger partial charge is 0.495 e. The van der Waals surface area contributed by atoms with Crippen LogP contribution in [0.15, 0.2) is 97.2 Å². The van der Waals surface area contributed by atoms with E-state index in [0.29, 0.717) is 0 Å². The molecule has 0 saturated carbocycles. The Bertz CT molecular complexity index is 1290. The van der Waals surface area contributed by atoms with Gasteiger partial charge in [0.1, 0.15) is 0 Å². The van der Waals surface area contributed by atoms with Gasteiger partial charge in [0.2, 0.25) is 0 Å². The molecule has 3 aromatic rings. The number of fused-ring (bicyclic) bond motifs is 3. The SMILES string of the molecule is CC1(C)OB(c2cccc3c2-c2ccccc2C3(c2ccccc2)C2C=CC=CN2)OC1(C)C. The van der Waals surface area contributed by atoms with E-state index in [9.17, 15) is 0 Å². The van der Waals surface area contributed by atoms with Gasteiger partial charge in [-0.05, 0) is 73.3 Å². The molecule has 6 rings (SSSR count). The first-order chi connectivity index (χ1) is 16.4. The van der Waals surface area contributed by atoms with Crippen LogP contribution in [-0.4, -0.2) is 24.4 Å². The Hall–Kier alpha value is -3.08. The highest BCUT2D eigenvalue weighted by Crippen LogP contribution is 2.54. The predicted octanol–water partition coefficient (Wildman–Crippen LogP) is 5.34. The molecule has 3 aliphatic rings. The highest BCUT2D eigenvalue weighted by Gasteiger charge is 2.55. The molecule has 2 atom stereocenters. The lowest BCUT2D eigenvalue weighted by atomic mass is 9.65. The number of allylic oxidation sites excluding steroid dienone is 2. The fraction of sp³-hybridized carbons (Fsp3) is 0.267. The summed E-state index contributed by atoms with van der Waals surface area (Å²) in [7, 11) is -0.422. The molecule has 170 valence electrons. The average molecular weight is 447 g/mol. The van der Waals surface area contributed by atoms with E-state index >= 15 is 0 Å². The van der Waals surface area contributed by atoms with Crippen molar-refractivity contribution in [2.45, 2.75) is 50.4 Å². The zero-order valence-electron chi connectivity index (χ0n) is 20.2. The van der Waals surface area contributed by atoms with Gasteiger partial charge in [-0.1, -0.05) is 84.9 Å². The summed E-state index contributed by atoms with van der Waals surface area (Å²) < 4.78 is 13.1. The van der Waals surface area contributed by atoms with Crippen LogP contribution >= 0.6 is 0 Å². The number of rotatable bonds is 3. The molecule has 2 heterocycles. The van der Waals surface area contributed by atoms with Crippen LogP contribution in [0.1, 0.15) is 44.4 Å². The van der Waals surface area contributed by atoms with Crippen molar-refractivity contribution in [1.82, 2.24) is 5.32 Å². The monoisotopic (exact) mass is 447 g/mol. The van der Waals surface area contributed by atoms with Gasteiger partial charge in [0, 0.05) is 0 Å². The minimum atomic E-state index is -0.422. The van der Waals surface area contributed by atoms with E-state index < -0.39 is 18.3 Å². The van der Waals surface area contributed by atoms with Gasteiger partial charge in [-0.25, -0.2) is 0 Å². The summed E-state index contributed by atoms with van der Waals surface area (Å²) in [6.07, 6.45) is 8.52.